The largest absolute Gasteiger partial charge is 0.250 e. The summed E-state index contributed by atoms with van der Waals surface area (Å²) in [4.78, 5) is 3.05. The van der Waals surface area contributed by atoms with Gasteiger partial charge < -0.3 is 0 Å². The van der Waals surface area contributed by atoms with Crippen LogP contribution in [0.5, 0.6) is 0 Å². The van der Waals surface area contributed by atoms with E-state index in [0.29, 0.717) is 6.04 Å². The number of nitrogens with one attached hydrogen (secondary N) is 1. The Labute approximate surface area is 68.3 Å². The van der Waals surface area contributed by atoms with E-state index in [1.54, 1.807) is 0 Å². The summed E-state index contributed by atoms with van der Waals surface area (Å²) in [5.74, 6) is 0.746. The van der Waals surface area contributed by atoms with Gasteiger partial charge in [-0.15, -0.1) is 0 Å². The van der Waals surface area contributed by atoms with Gasteiger partial charge in [0.25, 0.3) is 0 Å². The van der Waals surface area contributed by atoms with Gasteiger partial charge in [0, 0.05) is 0 Å². The molecule has 1 rings (SSSR count). The number of hydrogen-bond donors (Lipinski definition) is 1. The number of hydrogen-bond acceptors (Lipinski definition) is 0. The first-order valence-electron chi connectivity index (χ1n) is 4.29. The maximum atomic E-state index is 3.05. The van der Waals surface area contributed by atoms with Crippen molar-refractivity contribution in [2.24, 2.45) is 5.92 Å². The molecule has 2 heteroatoms. The molecule has 2 atom stereocenters. The van der Waals surface area contributed by atoms with Gasteiger partial charge >= 0.3 is 0 Å². The van der Waals surface area contributed by atoms with Crippen molar-refractivity contribution in [3.63, 3.8) is 0 Å². The molecule has 0 aromatic carbocycles. The van der Waals surface area contributed by atoms with Crippen LogP contribution in [0.4, 0.5) is 0 Å². The van der Waals surface area contributed by atoms with Crippen LogP contribution < -0.4 is 4.57 Å². The van der Waals surface area contributed by atoms with Gasteiger partial charge in [0.1, 0.15) is 18.4 Å². The second-order valence-corrected chi connectivity index (χ2v) is 3.18. The van der Waals surface area contributed by atoms with Crippen LogP contribution in [-0.4, -0.2) is 4.98 Å². The highest BCUT2D eigenvalue weighted by Gasteiger charge is 2.15. The number of aromatic amines is 1. The number of rotatable bonds is 3. The maximum Gasteiger partial charge on any atom is 0.241 e. The van der Waals surface area contributed by atoms with E-state index < -0.39 is 0 Å². The fourth-order valence-corrected chi connectivity index (χ4v) is 1.19. The van der Waals surface area contributed by atoms with Crippen LogP contribution in [0.15, 0.2) is 18.7 Å². The van der Waals surface area contributed by atoms with Crippen LogP contribution in [0.1, 0.15) is 33.2 Å². The molecule has 0 aliphatic rings. The van der Waals surface area contributed by atoms with Crippen molar-refractivity contribution < 1.29 is 4.57 Å². The second kappa shape index (κ2) is 3.56. The first-order chi connectivity index (χ1) is 5.25. The van der Waals surface area contributed by atoms with E-state index in [1.807, 2.05) is 12.5 Å². The molecule has 2 unspecified atom stereocenters. The molecular weight excluding hydrogens is 136 g/mol. The number of imidazole rings is 1. The zero-order chi connectivity index (χ0) is 8.27. The van der Waals surface area contributed by atoms with Crippen molar-refractivity contribution >= 4 is 0 Å². The molecule has 0 bridgehead atoms. The lowest BCUT2D eigenvalue weighted by atomic mass is 10.0. The fraction of sp³-hybridized carbons (Fsp3) is 0.667. The van der Waals surface area contributed by atoms with Gasteiger partial charge in [0.05, 0.1) is 0 Å². The van der Waals surface area contributed by atoms with E-state index in [-0.39, 0.29) is 0 Å². The highest BCUT2D eigenvalue weighted by atomic mass is 15.0. The average molecular weight is 153 g/mol. The van der Waals surface area contributed by atoms with Crippen LogP contribution in [0.25, 0.3) is 0 Å². The highest BCUT2D eigenvalue weighted by Crippen LogP contribution is 2.13. The predicted octanol–water partition coefficient (Wildman–Crippen LogP) is 1.91. The molecule has 62 valence electrons. The molecule has 0 radical (unpaired) electrons. The van der Waals surface area contributed by atoms with Gasteiger partial charge in [-0.25, -0.2) is 4.57 Å². The van der Waals surface area contributed by atoms with Gasteiger partial charge in [0.15, 0.2) is 0 Å². The molecule has 1 N–H and O–H groups in total. The minimum atomic E-state index is 0.603. The van der Waals surface area contributed by atoms with E-state index >= 15 is 0 Å². The molecule has 0 saturated carbocycles. The monoisotopic (exact) mass is 153 g/mol. The Balaban J connectivity index is 2.62. The maximum absolute atomic E-state index is 3.05. The van der Waals surface area contributed by atoms with E-state index in [4.69, 9.17) is 0 Å². The molecule has 0 fully saturated rings. The predicted molar refractivity (Wildman–Crippen MR) is 45.2 cm³/mol. The normalized spacial score (nSPS) is 16.3. The molecular formula is C9H17N2+. The quantitative estimate of drug-likeness (QED) is 0.640. The highest BCUT2D eigenvalue weighted by molar-refractivity contribution is 4.60. The Morgan fingerprint density at radius 3 is 2.64 bits per heavy atom. The molecule has 0 spiro atoms. The average Bonchev–Trinajstić information content (AvgIpc) is 2.53. The topological polar surface area (TPSA) is 19.7 Å². The van der Waals surface area contributed by atoms with Gasteiger partial charge in [-0.05, 0) is 19.3 Å². The van der Waals surface area contributed by atoms with Crippen molar-refractivity contribution in [2.45, 2.75) is 33.2 Å². The van der Waals surface area contributed by atoms with Crippen molar-refractivity contribution in [1.29, 1.82) is 0 Å². The number of aromatic nitrogens is 2. The van der Waals surface area contributed by atoms with E-state index in [0.717, 1.165) is 5.92 Å². The third-order valence-electron chi connectivity index (χ3n) is 2.50. The second-order valence-electron chi connectivity index (χ2n) is 3.18. The van der Waals surface area contributed by atoms with Crippen molar-refractivity contribution in [2.75, 3.05) is 0 Å². The third kappa shape index (κ3) is 1.82. The minimum absolute atomic E-state index is 0.603. The zero-order valence-electron chi connectivity index (χ0n) is 7.54. The first kappa shape index (κ1) is 8.31. The summed E-state index contributed by atoms with van der Waals surface area (Å²) < 4.78 is 2.22. The lowest BCUT2D eigenvalue weighted by Gasteiger charge is -2.14. The fourth-order valence-electron chi connectivity index (χ4n) is 1.19. The van der Waals surface area contributed by atoms with Crippen molar-refractivity contribution in [3.8, 4) is 0 Å². The smallest absolute Gasteiger partial charge is 0.241 e. The van der Waals surface area contributed by atoms with E-state index in [1.165, 1.54) is 6.42 Å². The van der Waals surface area contributed by atoms with Crippen LogP contribution >= 0.6 is 0 Å². The standard InChI is InChI=1S/C9H16N2/c1-4-8(2)9(3)11-6-5-10-7-11/h5-9H,4H2,1-3H3/p+1. The molecule has 0 aliphatic carbocycles. The third-order valence-corrected chi connectivity index (χ3v) is 2.50. The molecule has 1 aromatic rings. The van der Waals surface area contributed by atoms with Gasteiger partial charge in [0.2, 0.25) is 6.33 Å². The Hall–Kier alpha value is -0.790. The van der Waals surface area contributed by atoms with E-state index in [9.17, 15) is 0 Å². The van der Waals surface area contributed by atoms with Crippen molar-refractivity contribution in [3.05, 3.63) is 18.7 Å². The summed E-state index contributed by atoms with van der Waals surface area (Å²) in [5.41, 5.74) is 0. The molecule has 0 saturated heterocycles. The summed E-state index contributed by atoms with van der Waals surface area (Å²) >= 11 is 0. The molecule has 11 heavy (non-hydrogen) atoms. The van der Waals surface area contributed by atoms with Crippen molar-refractivity contribution in [1.82, 2.24) is 4.98 Å². The zero-order valence-corrected chi connectivity index (χ0v) is 7.54. The first-order valence-corrected chi connectivity index (χ1v) is 4.29. The molecule has 1 heterocycles. The SMILES string of the molecule is CCC(C)C(C)[n+]1cc[nH]c1. The lowest BCUT2D eigenvalue weighted by molar-refractivity contribution is -0.725. The van der Waals surface area contributed by atoms with Crippen LogP contribution in [0.3, 0.4) is 0 Å². The lowest BCUT2D eigenvalue weighted by Crippen LogP contribution is -2.38. The summed E-state index contributed by atoms with van der Waals surface area (Å²) in [7, 11) is 0. The van der Waals surface area contributed by atoms with Gasteiger partial charge in [-0.2, -0.15) is 0 Å². The molecule has 1 aromatic heterocycles. The van der Waals surface area contributed by atoms with Crippen LogP contribution in [0.2, 0.25) is 0 Å². The molecule has 0 aliphatic heterocycles. The minimum Gasteiger partial charge on any atom is -0.250 e. The Morgan fingerprint density at radius 2 is 2.18 bits per heavy atom. The molecule has 2 nitrogen and oxygen atoms in total. The molecule has 0 amide bonds. The summed E-state index contributed by atoms with van der Waals surface area (Å²) in [5, 5.41) is 0. The summed E-state index contributed by atoms with van der Waals surface area (Å²) in [6.45, 7) is 6.76. The summed E-state index contributed by atoms with van der Waals surface area (Å²) in [6, 6.07) is 0.603. The Kier molecular flexibility index (Phi) is 2.69. The summed E-state index contributed by atoms with van der Waals surface area (Å²) in [6.07, 6.45) is 7.28. The van der Waals surface area contributed by atoms with Gasteiger partial charge in [-0.3, -0.25) is 4.98 Å². The Morgan fingerprint density at radius 1 is 1.45 bits per heavy atom. The number of H-pyrrole nitrogens is 1. The Bertz CT molecular complexity index is 191. The number of nitrogens with zero attached hydrogens (tertiary/aromatic N) is 1. The van der Waals surface area contributed by atoms with E-state index in [2.05, 4.69) is 36.5 Å². The van der Waals surface area contributed by atoms with Crippen LogP contribution in [0, 0.1) is 5.92 Å². The van der Waals surface area contributed by atoms with Gasteiger partial charge in [-0.1, -0.05) is 13.8 Å². The van der Waals surface area contributed by atoms with Crippen LogP contribution in [-0.2, 0) is 0 Å².